The molecule has 3 atom stereocenters. The highest BCUT2D eigenvalue weighted by Gasteiger charge is 2.34. The molecule has 0 aliphatic carbocycles. The number of phosphoric ester groups is 1. The van der Waals surface area contributed by atoms with Crippen LogP contribution >= 0.6 is 15.6 Å². The molecule has 6 N–H and O–H groups in total. The molecule has 0 aliphatic rings. The molecule has 0 aliphatic heterocycles. The summed E-state index contributed by atoms with van der Waals surface area (Å²) in [6.45, 7) is -2.20. The third kappa shape index (κ3) is 7.29. The molecular formula is C5H12O11P2. The van der Waals surface area contributed by atoms with Gasteiger partial charge in [-0.25, -0.2) is 9.13 Å². The average molecular weight is 310 g/mol. The Kier molecular flexibility index (Phi) is 6.75. The Balaban J connectivity index is 4.36. The second-order valence-electron chi connectivity index (χ2n) is 2.97. The van der Waals surface area contributed by atoms with Crippen molar-refractivity contribution in [3.8, 4) is 0 Å². The number of hydrogen-bond donors (Lipinski definition) is 6. The minimum atomic E-state index is -5.28. The zero-order chi connectivity index (χ0) is 14.6. The van der Waals surface area contributed by atoms with Crippen molar-refractivity contribution >= 4 is 21.4 Å². The maximum atomic E-state index is 10.9. The van der Waals surface area contributed by atoms with Crippen LogP contribution < -0.4 is 0 Å². The number of aliphatic hydroxyl groups is 3. The van der Waals surface area contributed by atoms with Gasteiger partial charge in [0.2, 0.25) is 0 Å². The number of Topliss-reactive ketones (excluding diaryl/α,β-unsaturated/α-hetero) is 1. The van der Waals surface area contributed by atoms with Crippen molar-refractivity contribution in [2.75, 3.05) is 13.2 Å². The first kappa shape index (κ1) is 17.8. The lowest BCUT2D eigenvalue weighted by Gasteiger charge is -2.18. The van der Waals surface area contributed by atoms with Crippen molar-refractivity contribution in [1.82, 2.24) is 0 Å². The standard InChI is InChI=1S/C5H12O11P2/c6-1-3(7)5(9)4(8)2-15-18(13,14)16-17(10,11)12/h4-6,8-9H,1-2H2,(H,13,14)(H2,10,11,12). The summed E-state index contributed by atoms with van der Waals surface area (Å²) in [4.78, 5) is 35.9. The lowest BCUT2D eigenvalue weighted by Crippen LogP contribution is -2.38. The fourth-order valence-electron chi connectivity index (χ4n) is 0.728. The van der Waals surface area contributed by atoms with Crippen LogP contribution in [0, 0.1) is 0 Å². The molecule has 0 aromatic heterocycles. The van der Waals surface area contributed by atoms with Gasteiger partial charge in [-0.1, -0.05) is 0 Å². The molecule has 3 unspecified atom stereocenters. The summed E-state index contributed by atoms with van der Waals surface area (Å²) in [5.41, 5.74) is 0. The van der Waals surface area contributed by atoms with E-state index in [2.05, 4.69) is 8.83 Å². The molecule has 0 bridgehead atoms. The van der Waals surface area contributed by atoms with Gasteiger partial charge < -0.3 is 30.0 Å². The molecule has 0 fully saturated rings. The Bertz CT molecular complexity index is 374. The minimum absolute atomic E-state index is 1.08. The van der Waals surface area contributed by atoms with Crippen LogP contribution in [0.1, 0.15) is 0 Å². The van der Waals surface area contributed by atoms with Gasteiger partial charge in [0.25, 0.3) is 0 Å². The number of aliphatic hydroxyl groups excluding tert-OH is 3. The maximum Gasteiger partial charge on any atom is 0.481 e. The second-order valence-corrected chi connectivity index (χ2v) is 5.80. The molecule has 108 valence electrons. The van der Waals surface area contributed by atoms with Crippen molar-refractivity contribution in [1.29, 1.82) is 0 Å². The molecule has 18 heavy (non-hydrogen) atoms. The zero-order valence-corrected chi connectivity index (χ0v) is 10.5. The maximum absolute atomic E-state index is 10.9. The lowest BCUT2D eigenvalue weighted by atomic mass is 10.1. The minimum Gasteiger partial charge on any atom is -0.388 e. The summed E-state index contributed by atoms with van der Waals surface area (Å²) in [6, 6.07) is 0. The second kappa shape index (κ2) is 6.83. The Morgan fingerprint density at radius 1 is 1.17 bits per heavy atom. The first-order valence-corrected chi connectivity index (χ1v) is 7.25. The van der Waals surface area contributed by atoms with E-state index in [1.807, 2.05) is 0 Å². The van der Waals surface area contributed by atoms with Gasteiger partial charge in [0.15, 0.2) is 5.78 Å². The van der Waals surface area contributed by atoms with E-state index < -0.39 is 46.9 Å². The largest absolute Gasteiger partial charge is 0.481 e. The molecule has 0 saturated heterocycles. The number of rotatable bonds is 8. The molecule has 0 rings (SSSR count). The number of phosphoric acid groups is 2. The lowest BCUT2D eigenvalue weighted by molar-refractivity contribution is -0.137. The first-order valence-electron chi connectivity index (χ1n) is 4.22. The molecular weight excluding hydrogens is 298 g/mol. The summed E-state index contributed by atoms with van der Waals surface area (Å²) in [5, 5.41) is 26.4. The first-order chi connectivity index (χ1) is 7.98. The fraction of sp³-hybridized carbons (Fsp3) is 0.800. The average Bonchev–Trinajstić information content (AvgIpc) is 2.20. The predicted octanol–water partition coefficient (Wildman–Crippen LogP) is -2.50. The van der Waals surface area contributed by atoms with Crippen LogP contribution in [-0.2, 0) is 22.8 Å². The molecule has 0 spiro atoms. The quantitative estimate of drug-likeness (QED) is 0.259. The van der Waals surface area contributed by atoms with Crippen LogP contribution in [0.5, 0.6) is 0 Å². The fourth-order valence-corrected chi connectivity index (χ4v) is 2.33. The molecule has 0 saturated carbocycles. The van der Waals surface area contributed by atoms with E-state index in [0.29, 0.717) is 0 Å². The van der Waals surface area contributed by atoms with Gasteiger partial charge in [0, 0.05) is 0 Å². The summed E-state index contributed by atoms with van der Waals surface area (Å²) < 4.78 is 28.4. The van der Waals surface area contributed by atoms with E-state index in [4.69, 9.17) is 30.0 Å². The summed E-state index contributed by atoms with van der Waals surface area (Å²) in [6.07, 6.45) is -4.06. The van der Waals surface area contributed by atoms with Crippen molar-refractivity contribution in [2.45, 2.75) is 12.2 Å². The Morgan fingerprint density at radius 2 is 1.67 bits per heavy atom. The van der Waals surface area contributed by atoms with Crippen molar-refractivity contribution in [3.63, 3.8) is 0 Å². The molecule has 0 aromatic rings. The Morgan fingerprint density at radius 3 is 2.06 bits per heavy atom. The normalized spacial score (nSPS) is 19.0. The number of carbonyl (C=O) groups excluding carboxylic acids is 1. The van der Waals surface area contributed by atoms with Gasteiger partial charge in [0.1, 0.15) is 18.8 Å². The number of hydrogen-bond acceptors (Lipinski definition) is 8. The number of carbonyl (C=O) groups is 1. The monoisotopic (exact) mass is 310 g/mol. The molecule has 0 heterocycles. The molecule has 0 radical (unpaired) electrons. The van der Waals surface area contributed by atoms with E-state index in [0.717, 1.165) is 0 Å². The highest BCUT2D eigenvalue weighted by atomic mass is 31.3. The summed E-state index contributed by atoms with van der Waals surface area (Å²) >= 11 is 0. The van der Waals surface area contributed by atoms with Gasteiger partial charge in [-0.2, -0.15) is 4.31 Å². The van der Waals surface area contributed by atoms with E-state index in [1.165, 1.54) is 0 Å². The van der Waals surface area contributed by atoms with Crippen LogP contribution in [0.25, 0.3) is 0 Å². The van der Waals surface area contributed by atoms with Gasteiger partial charge in [0.05, 0.1) is 6.61 Å². The third-order valence-electron chi connectivity index (χ3n) is 1.47. The molecule has 11 nitrogen and oxygen atoms in total. The third-order valence-corrected chi connectivity index (χ3v) is 3.62. The summed E-state index contributed by atoms with van der Waals surface area (Å²) in [7, 11) is -10.4. The van der Waals surface area contributed by atoms with Gasteiger partial charge in [-0.15, -0.1) is 0 Å². The van der Waals surface area contributed by atoms with Crippen LogP contribution in [-0.4, -0.2) is 61.2 Å². The zero-order valence-electron chi connectivity index (χ0n) is 8.69. The smallest absolute Gasteiger partial charge is 0.388 e. The highest BCUT2D eigenvalue weighted by Crippen LogP contribution is 2.57. The Hall–Kier alpha value is -0.190. The number of ketones is 1. The van der Waals surface area contributed by atoms with E-state index in [-0.39, 0.29) is 0 Å². The topological polar surface area (TPSA) is 191 Å². The van der Waals surface area contributed by atoms with Crippen molar-refractivity contribution in [3.05, 3.63) is 0 Å². The SMILES string of the molecule is O=C(CO)C(O)C(O)COP(=O)(O)OP(=O)(O)O. The van der Waals surface area contributed by atoms with Crippen molar-refractivity contribution in [2.24, 2.45) is 0 Å². The molecule has 0 aromatic carbocycles. The van der Waals surface area contributed by atoms with Gasteiger partial charge in [-0.3, -0.25) is 9.32 Å². The van der Waals surface area contributed by atoms with E-state index in [9.17, 15) is 13.9 Å². The van der Waals surface area contributed by atoms with Gasteiger partial charge >= 0.3 is 15.6 Å². The molecule has 13 heteroatoms. The van der Waals surface area contributed by atoms with Crippen LogP contribution in [0.2, 0.25) is 0 Å². The van der Waals surface area contributed by atoms with Crippen LogP contribution in [0.15, 0.2) is 0 Å². The van der Waals surface area contributed by atoms with Crippen molar-refractivity contribution < 1.29 is 52.8 Å². The summed E-state index contributed by atoms with van der Waals surface area (Å²) in [5.74, 6) is -1.17. The predicted molar refractivity (Wildman–Crippen MR) is 53.0 cm³/mol. The van der Waals surface area contributed by atoms with Crippen LogP contribution in [0.3, 0.4) is 0 Å². The van der Waals surface area contributed by atoms with E-state index in [1.54, 1.807) is 0 Å². The van der Waals surface area contributed by atoms with Gasteiger partial charge in [-0.05, 0) is 0 Å². The van der Waals surface area contributed by atoms with E-state index >= 15 is 0 Å². The van der Waals surface area contributed by atoms with Crippen LogP contribution in [0.4, 0.5) is 0 Å². The molecule has 0 amide bonds. The Labute approximate surface area is 100 Å². The highest BCUT2D eigenvalue weighted by molar-refractivity contribution is 7.60.